The molecule has 100 valence electrons. The summed E-state index contributed by atoms with van der Waals surface area (Å²) in [4.78, 5) is 2.22. The molecule has 0 aliphatic carbocycles. The molecule has 0 bridgehead atoms. The minimum atomic E-state index is -0.384. The number of rotatable bonds is 3. The highest BCUT2D eigenvalue weighted by Crippen LogP contribution is 2.30. The van der Waals surface area contributed by atoms with Gasteiger partial charge in [-0.3, -0.25) is 4.90 Å². The molecule has 0 spiro atoms. The average Bonchev–Trinajstić information content (AvgIpc) is 2.34. The molecular formula is C13H18ClFN2O. The van der Waals surface area contributed by atoms with E-state index >= 15 is 0 Å². The maximum Gasteiger partial charge on any atom is 0.141 e. The normalized spacial score (nSPS) is 25.3. The molecule has 5 heteroatoms. The zero-order valence-corrected chi connectivity index (χ0v) is 11.4. The Labute approximate surface area is 112 Å². The van der Waals surface area contributed by atoms with Crippen molar-refractivity contribution in [2.45, 2.75) is 12.1 Å². The molecule has 0 saturated carbocycles. The van der Waals surface area contributed by atoms with Gasteiger partial charge < -0.3 is 10.1 Å². The summed E-state index contributed by atoms with van der Waals surface area (Å²) in [6, 6.07) is 4.98. The summed E-state index contributed by atoms with van der Waals surface area (Å²) in [7, 11) is 3.94. The number of ether oxygens (including phenoxy) is 1. The molecule has 0 amide bonds. The Bertz CT molecular complexity index is 414. The van der Waals surface area contributed by atoms with E-state index in [1.54, 1.807) is 12.1 Å². The average molecular weight is 273 g/mol. The molecule has 1 N–H and O–H groups in total. The number of hydrogen-bond donors (Lipinski definition) is 1. The molecule has 1 aliphatic rings. The lowest BCUT2D eigenvalue weighted by Gasteiger charge is -2.39. The van der Waals surface area contributed by atoms with Gasteiger partial charge in [-0.05, 0) is 31.8 Å². The molecule has 0 aromatic heterocycles. The van der Waals surface area contributed by atoms with Gasteiger partial charge in [0.05, 0.1) is 23.8 Å². The van der Waals surface area contributed by atoms with Gasteiger partial charge in [-0.15, -0.1) is 0 Å². The molecule has 3 nitrogen and oxygen atoms in total. The van der Waals surface area contributed by atoms with Crippen molar-refractivity contribution in [2.75, 3.05) is 33.8 Å². The molecule has 1 aromatic carbocycles. The van der Waals surface area contributed by atoms with E-state index in [9.17, 15) is 4.39 Å². The van der Waals surface area contributed by atoms with Gasteiger partial charge in [0.25, 0.3) is 0 Å². The molecule has 2 rings (SSSR count). The molecule has 2 unspecified atom stereocenters. The second kappa shape index (κ2) is 5.97. The van der Waals surface area contributed by atoms with Gasteiger partial charge in [-0.2, -0.15) is 0 Å². The monoisotopic (exact) mass is 272 g/mol. The lowest BCUT2D eigenvalue weighted by Crippen LogP contribution is -2.46. The molecule has 2 atom stereocenters. The minimum Gasteiger partial charge on any atom is -0.374 e. The van der Waals surface area contributed by atoms with Crippen LogP contribution in [0.2, 0.25) is 5.02 Å². The van der Waals surface area contributed by atoms with E-state index in [4.69, 9.17) is 16.3 Å². The SMILES string of the molecule is CNCC1OCCN(C)C1c1ccc(F)c(Cl)c1. The predicted octanol–water partition coefficient (Wildman–Crippen LogP) is 2.07. The van der Waals surface area contributed by atoms with Gasteiger partial charge in [0, 0.05) is 13.1 Å². The first-order valence-corrected chi connectivity index (χ1v) is 6.42. The Morgan fingerprint density at radius 2 is 2.33 bits per heavy atom. The van der Waals surface area contributed by atoms with E-state index in [0.717, 1.165) is 18.7 Å². The number of morpholine rings is 1. The highest BCUT2D eigenvalue weighted by atomic mass is 35.5. The van der Waals surface area contributed by atoms with Crippen molar-refractivity contribution < 1.29 is 9.13 Å². The third-order valence-electron chi connectivity index (χ3n) is 3.29. The number of likely N-dealkylation sites (N-methyl/N-ethyl adjacent to an activating group) is 2. The highest BCUT2D eigenvalue weighted by Gasteiger charge is 2.31. The molecule has 1 saturated heterocycles. The van der Waals surface area contributed by atoms with Crippen molar-refractivity contribution in [1.82, 2.24) is 10.2 Å². The maximum atomic E-state index is 13.2. The summed E-state index contributed by atoms with van der Waals surface area (Å²) in [6.07, 6.45) is 0.0512. The largest absolute Gasteiger partial charge is 0.374 e. The van der Waals surface area contributed by atoms with Gasteiger partial charge in [0.1, 0.15) is 5.82 Å². The van der Waals surface area contributed by atoms with Crippen LogP contribution in [0, 0.1) is 5.82 Å². The van der Waals surface area contributed by atoms with Crippen LogP contribution in [0.5, 0.6) is 0 Å². The fraction of sp³-hybridized carbons (Fsp3) is 0.538. The molecule has 18 heavy (non-hydrogen) atoms. The van der Waals surface area contributed by atoms with Gasteiger partial charge in [0.2, 0.25) is 0 Å². The predicted molar refractivity (Wildman–Crippen MR) is 70.4 cm³/mol. The van der Waals surface area contributed by atoms with Crippen molar-refractivity contribution in [1.29, 1.82) is 0 Å². The van der Waals surface area contributed by atoms with Crippen LogP contribution in [0.3, 0.4) is 0 Å². The number of hydrogen-bond acceptors (Lipinski definition) is 3. The van der Waals surface area contributed by atoms with Crippen LogP contribution in [-0.2, 0) is 4.74 Å². The maximum absolute atomic E-state index is 13.2. The Morgan fingerprint density at radius 1 is 1.56 bits per heavy atom. The quantitative estimate of drug-likeness (QED) is 0.912. The van der Waals surface area contributed by atoms with Crippen LogP contribution < -0.4 is 5.32 Å². The molecule has 0 radical (unpaired) electrons. The highest BCUT2D eigenvalue weighted by molar-refractivity contribution is 6.30. The number of nitrogens with zero attached hydrogens (tertiary/aromatic N) is 1. The summed E-state index contributed by atoms with van der Waals surface area (Å²) in [5.74, 6) is -0.384. The zero-order valence-electron chi connectivity index (χ0n) is 10.6. The first kappa shape index (κ1) is 13.7. The molecular weight excluding hydrogens is 255 g/mol. The Morgan fingerprint density at radius 3 is 3.00 bits per heavy atom. The van der Waals surface area contributed by atoms with E-state index in [0.29, 0.717) is 6.61 Å². The van der Waals surface area contributed by atoms with Crippen LogP contribution in [0.15, 0.2) is 18.2 Å². The second-order valence-corrected chi connectivity index (χ2v) is 4.97. The van der Waals surface area contributed by atoms with E-state index in [-0.39, 0.29) is 23.0 Å². The third kappa shape index (κ3) is 2.83. The lowest BCUT2D eigenvalue weighted by atomic mass is 9.98. The summed E-state index contributed by atoms with van der Waals surface area (Å²) in [6.45, 7) is 2.33. The summed E-state index contributed by atoms with van der Waals surface area (Å²) in [5, 5.41) is 3.29. The Hall–Kier alpha value is -0.680. The van der Waals surface area contributed by atoms with Gasteiger partial charge >= 0.3 is 0 Å². The smallest absolute Gasteiger partial charge is 0.141 e. The number of halogens is 2. The Kier molecular flexibility index (Phi) is 4.56. The first-order valence-electron chi connectivity index (χ1n) is 6.05. The van der Waals surface area contributed by atoms with E-state index in [1.807, 2.05) is 14.1 Å². The molecule has 1 fully saturated rings. The zero-order chi connectivity index (χ0) is 13.1. The van der Waals surface area contributed by atoms with E-state index in [2.05, 4.69) is 10.2 Å². The van der Waals surface area contributed by atoms with Gasteiger partial charge in [0.15, 0.2) is 0 Å². The summed E-state index contributed by atoms with van der Waals surface area (Å²) in [5.41, 5.74) is 0.990. The first-order chi connectivity index (χ1) is 8.63. The summed E-state index contributed by atoms with van der Waals surface area (Å²) >= 11 is 5.86. The second-order valence-electron chi connectivity index (χ2n) is 4.57. The third-order valence-corrected chi connectivity index (χ3v) is 3.58. The summed E-state index contributed by atoms with van der Waals surface area (Å²) < 4.78 is 19.0. The van der Waals surface area contributed by atoms with E-state index < -0.39 is 0 Å². The van der Waals surface area contributed by atoms with Crippen molar-refractivity contribution in [3.05, 3.63) is 34.6 Å². The van der Waals surface area contributed by atoms with Crippen molar-refractivity contribution in [3.8, 4) is 0 Å². The van der Waals surface area contributed by atoms with Crippen LogP contribution >= 0.6 is 11.6 Å². The van der Waals surface area contributed by atoms with Crippen molar-refractivity contribution >= 4 is 11.6 Å². The van der Waals surface area contributed by atoms with Gasteiger partial charge in [-0.1, -0.05) is 17.7 Å². The van der Waals surface area contributed by atoms with Crippen LogP contribution in [0.4, 0.5) is 4.39 Å². The van der Waals surface area contributed by atoms with Crippen molar-refractivity contribution in [2.24, 2.45) is 0 Å². The van der Waals surface area contributed by atoms with Crippen LogP contribution in [0.25, 0.3) is 0 Å². The lowest BCUT2D eigenvalue weighted by molar-refractivity contribution is -0.0606. The van der Waals surface area contributed by atoms with Crippen molar-refractivity contribution in [3.63, 3.8) is 0 Å². The van der Waals surface area contributed by atoms with Crippen LogP contribution in [-0.4, -0.2) is 44.8 Å². The standard InChI is InChI=1S/C13H18ClFN2O/c1-16-8-12-13(17(2)5-6-18-12)9-3-4-11(15)10(14)7-9/h3-4,7,12-13,16H,5-6,8H2,1-2H3. The van der Waals surface area contributed by atoms with E-state index in [1.165, 1.54) is 6.07 Å². The topological polar surface area (TPSA) is 24.5 Å². The van der Waals surface area contributed by atoms with Gasteiger partial charge in [-0.25, -0.2) is 4.39 Å². The number of benzene rings is 1. The fourth-order valence-corrected chi connectivity index (χ4v) is 2.59. The Balaban J connectivity index is 2.28. The minimum absolute atomic E-state index is 0.0512. The fourth-order valence-electron chi connectivity index (χ4n) is 2.40. The molecule has 1 aliphatic heterocycles. The van der Waals surface area contributed by atoms with Crippen LogP contribution in [0.1, 0.15) is 11.6 Å². The molecule has 1 aromatic rings. The molecule has 1 heterocycles. The number of nitrogens with one attached hydrogen (secondary N) is 1.